The lowest BCUT2D eigenvalue weighted by Gasteiger charge is -2.30. The van der Waals surface area contributed by atoms with Gasteiger partial charge in [-0.2, -0.15) is 0 Å². The normalized spacial score (nSPS) is 30.8. The largest absolute Gasteiger partial charge is 0.390 e. The summed E-state index contributed by atoms with van der Waals surface area (Å²) in [5.74, 6) is 0.811. The van der Waals surface area contributed by atoms with E-state index in [2.05, 4.69) is 22.0 Å². The Morgan fingerprint density at radius 1 is 1.19 bits per heavy atom. The van der Waals surface area contributed by atoms with Crippen molar-refractivity contribution in [3.05, 3.63) is 0 Å². The van der Waals surface area contributed by atoms with Crippen molar-refractivity contribution < 1.29 is 5.11 Å². The summed E-state index contributed by atoms with van der Waals surface area (Å²) in [4.78, 5) is 4.76. The van der Waals surface area contributed by atoms with Gasteiger partial charge in [-0.15, -0.1) is 0 Å². The molecule has 2 saturated heterocycles. The van der Waals surface area contributed by atoms with Crippen molar-refractivity contribution in [3.63, 3.8) is 0 Å². The number of rotatable bonds is 4. The molecule has 2 heterocycles. The monoisotopic (exact) mass is 227 g/mol. The van der Waals surface area contributed by atoms with Crippen LogP contribution >= 0.6 is 0 Å². The molecule has 2 aliphatic heterocycles. The van der Waals surface area contributed by atoms with Crippen molar-refractivity contribution >= 4 is 0 Å². The molecule has 2 rings (SSSR count). The second-order valence-electron chi connectivity index (χ2n) is 5.36. The van der Waals surface area contributed by atoms with E-state index in [0.717, 1.165) is 45.2 Å². The zero-order valence-corrected chi connectivity index (χ0v) is 10.4. The van der Waals surface area contributed by atoms with Crippen molar-refractivity contribution in [2.24, 2.45) is 5.92 Å². The van der Waals surface area contributed by atoms with E-state index in [4.69, 9.17) is 0 Å². The number of hydrogen-bond acceptors (Lipinski definition) is 4. The third-order valence-electron chi connectivity index (χ3n) is 3.66. The Hall–Kier alpha value is -0.160. The molecule has 2 unspecified atom stereocenters. The molecule has 2 fully saturated rings. The first-order chi connectivity index (χ1) is 7.74. The maximum absolute atomic E-state index is 10.0. The lowest BCUT2D eigenvalue weighted by atomic mass is 10.2. The Morgan fingerprint density at radius 2 is 1.88 bits per heavy atom. The first-order valence-electron chi connectivity index (χ1n) is 6.57. The van der Waals surface area contributed by atoms with Gasteiger partial charge in [0, 0.05) is 45.8 Å². The Morgan fingerprint density at radius 3 is 2.50 bits per heavy atom. The molecule has 0 bridgehead atoms. The summed E-state index contributed by atoms with van der Waals surface area (Å²) in [5, 5.41) is 13.4. The summed E-state index contributed by atoms with van der Waals surface area (Å²) >= 11 is 0. The number of nitrogens with zero attached hydrogens (tertiary/aromatic N) is 2. The zero-order chi connectivity index (χ0) is 11.4. The number of aliphatic hydroxyl groups excluding tert-OH is 1. The van der Waals surface area contributed by atoms with Crippen LogP contribution in [0.5, 0.6) is 0 Å². The van der Waals surface area contributed by atoms with Crippen LogP contribution in [0.25, 0.3) is 0 Å². The minimum Gasteiger partial charge on any atom is -0.390 e. The summed E-state index contributed by atoms with van der Waals surface area (Å²) in [6, 6.07) is 0. The molecule has 0 radical (unpaired) electrons. The van der Waals surface area contributed by atoms with Crippen molar-refractivity contribution in [3.8, 4) is 0 Å². The van der Waals surface area contributed by atoms with Crippen LogP contribution in [0.1, 0.15) is 13.3 Å². The molecule has 0 spiro atoms. The van der Waals surface area contributed by atoms with Crippen LogP contribution in [-0.2, 0) is 0 Å². The zero-order valence-electron chi connectivity index (χ0n) is 10.4. The van der Waals surface area contributed by atoms with E-state index in [-0.39, 0.29) is 6.10 Å². The third-order valence-corrected chi connectivity index (χ3v) is 3.66. The Kier molecular flexibility index (Phi) is 4.58. The predicted octanol–water partition coefficient (Wildman–Crippen LogP) is -0.406. The van der Waals surface area contributed by atoms with Gasteiger partial charge in [-0.1, -0.05) is 6.92 Å². The lowest BCUT2D eigenvalue weighted by molar-refractivity contribution is 0.0757. The summed E-state index contributed by atoms with van der Waals surface area (Å²) in [6.45, 7) is 10.6. The average Bonchev–Trinajstić information content (AvgIpc) is 2.65. The molecular formula is C12H25N3O. The van der Waals surface area contributed by atoms with Crippen molar-refractivity contribution in [1.82, 2.24) is 15.1 Å². The molecule has 94 valence electrons. The molecule has 0 aromatic carbocycles. The smallest absolute Gasteiger partial charge is 0.0793 e. The number of hydrogen-bond donors (Lipinski definition) is 2. The Balaban J connectivity index is 1.65. The molecule has 2 atom stereocenters. The van der Waals surface area contributed by atoms with E-state index in [1.807, 2.05) is 0 Å². The van der Waals surface area contributed by atoms with E-state index in [1.54, 1.807) is 0 Å². The molecule has 0 saturated carbocycles. The van der Waals surface area contributed by atoms with Crippen LogP contribution in [0.3, 0.4) is 0 Å². The Labute approximate surface area is 98.6 Å². The minimum atomic E-state index is -0.177. The molecule has 4 nitrogen and oxygen atoms in total. The molecule has 16 heavy (non-hydrogen) atoms. The summed E-state index contributed by atoms with van der Waals surface area (Å²) in [6.07, 6.45) is 1.11. The van der Waals surface area contributed by atoms with Crippen molar-refractivity contribution in [1.29, 1.82) is 0 Å². The van der Waals surface area contributed by atoms with Gasteiger partial charge in [0.25, 0.3) is 0 Å². The van der Waals surface area contributed by atoms with Crippen LogP contribution in [-0.4, -0.2) is 73.4 Å². The summed E-state index contributed by atoms with van der Waals surface area (Å²) in [7, 11) is 0. The lowest BCUT2D eigenvalue weighted by Crippen LogP contribution is -2.48. The van der Waals surface area contributed by atoms with E-state index >= 15 is 0 Å². The molecule has 0 aromatic rings. The van der Waals surface area contributed by atoms with Crippen LogP contribution in [0.4, 0.5) is 0 Å². The number of nitrogens with one attached hydrogen (secondary N) is 1. The van der Waals surface area contributed by atoms with E-state index in [9.17, 15) is 5.11 Å². The van der Waals surface area contributed by atoms with Gasteiger partial charge in [-0.05, 0) is 18.9 Å². The highest BCUT2D eigenvalue weighted by Gasteiger charge is 2.22. The molecule has 4 heteroatoms. The number of likely N-dealkylation sites (tertiary alicyclic amines) is 1. The van der Waals surface area contributed by atoms with Gasteiger partial charge in [0.15, 0.2) is 0 Å². The van der Waals surface area contributed by atoms with Crippen LogP contribution in [0, 0.1) is 5.92 Å². The van der Waals surface area contributed by atoms with Crippen molar-refractivity contribution in [2.45, 2.75) is 19.4 Å². The molecule has 0 aliphatic carbocycles. The highest BCUT2D eigenvalue weighted by Crippen LogP contribution is 2.15. The van der Waals surface area contributed by atoms with Gasteiger partial charge < -0.3 is 15.3 Å². The number of piperazine rings is 1. The molecule has 2 N–H and O–H groups in total. The fourth-order valence-corrected chi connectivity index (χ4v) is 2.74. The number of β-amino-alcohol motifs (C(OH)–C–C–N with tert-alkyl or cyclic N) is 1. The van der Waals surface area contributed by atoms with Gasteiger partial charge in [0.1, 0.15) is 0 Å². The molecule has 0 aromatic heterocycles. The summed E-state index contributed by atoms with van der Waals surface area (Å²) in [5.41, 5.74) is 0. The van der Waals surface area contributed by atoms with E-state index < -0.39 is 0 Å². The highest BCUT2D eigenvalue weighted by atomic mass is 16.3. The standard InChI is InChI=1S/C12H25N3O/c1-11-2-5-15(8-11)10-12(16)9-14-6-3-13-4-7-14/h11-13,16H,2-10H2,1H3. The topological polar surface area (TPSA) is 38.7 Å². The highest BCUT2D eigenvalue weighted by molar-refractivity contribution is 4.77. The van der Waals surface area contributed by atoms with Gasteiger partial charge in [-0.3, -0.25) is 4.90 Å². The predicted molar refractivity (Wildman–Crippen MR) is 65.5 cm³/mol. The molecule has 0 amide bonds. The Bertz CT molecular complexity index is 200. The summed E-state index contributed by atoms with van der Waals surface area (Å²) < 4.78 is 0. The average molecular weight is 227 g/mol. The van der Waals surface area contributed by atoms with Gasteiger partial charge in [-0.25, -0.2) is 0 Å². The van der Waals surface area contributed by atoms with Gasteiger partial charge in [0.05, 0.1) is 6.10 Å². The van der Waals surface area contributed by atoms with Crippen LogP contribution in [0.15, 0.2) is 0 Å². The first kappa shape index (κ1) is 12.3. The fraction of sp³-hybridized carbons (Fsp3) is 1.00. The maximum atomic E-state index is 10.0. The number of aliphatic hydroxyl groups is 1. The second kappa shape index (κ2) is 5.96. The van der Waals surface area contributed by atoms with Crippen LogP contribution in [0.2, 0.25) is 0 Å². The van der Waals surface area contributed by atoms with Crippen molar-refractivity contribution in [2.75, 3.05) is 52.4 Å². The fourth-order valence-electron chi connectivity index (χ4n) is 2.74. The molecular weight excluding hydrogens is 202 g/mol. The SMILES string of the molecule is CC1CCN(CC(O)CN2CCNCC2)C1. The maximum Gasteiger partial charge on any atom is 0.0793 e. The van der Waals surface area contributed by atoms with E-state index in [1.165, 1.54) is 19.5 Å². The van der Waals surface area contributed by atoms with Crippen LogP contribution < -0.4 is 5.32 Å². The second-order valence-corrected chi connectivity index (χ2v) is 5.36. The quantitative estimate of drug-likeness (QED) is 0.685. The minimum absolute atomic E-state index is 0.177. The van der Waals surface area contributed by atoms with Gasteiger partial charge >= 0.3 is 0 Å². The third kappa shape index (κ3) is 3.70. The molecule has 2 aliphatic rings. The van der Waals surface area contributed by atoms with E-state index in [0.29, 0.717) is 0 Å². The first-order valence-corrected chi connectivity index (χ1v) is 6.57. The van der Waals surface area contributed by atoms with Gasteiger partial charge in [0.2, 0.25) is 0 Å².